The Morgan fingerprint density at radius 1 is 1.20 bits per heavy atom. The van der Waals surface area contributed by atoms with E-state index in [1.165, 1.54) is 12.1 Å². The molecule has 1 spiro atoms. The lowest BCUT2D eigenvalue weighted by Gasteiger charge is -2.26. The third-order valence-corrected chi connectivity index (χ3v) is 5.31. The molecule has 1 saturated heterocycles. The molecule has 25 heavy (non-hydrogen) atoms. The summed E-state index contributed by atoms with van der Waals surface area (Å²) in [6.45, 7) is 3.16. The topological polar surface area (TPSA) is 46.6 Å². The highest BCUT2D eigenvalue weighted by Crippen LogP contribution is 2.45. The van der Waals surface area contributed by atoms with Crippen LogP contribution < -0.4 is 9.64 Å². The van der Waals surface area contributed by atoms with E-state index in [4.69, 9.17) is 0 Å². The fraction of sp³-hybridized carbons (Fsp3) is 0.579. The summed E-state index contributed by atoms with van der Waals surface area (Å²) in [5, 5.41) is 0. The van der Waals surface area contributed by atoms with Gasteiger partial charge in [0.25, 0.3) is 0 Å². The van der Waals surface area contributed by atoms with Gasteiger partial charge in [0.05, 0.1) is 5.41 Å². The Hall–Kier alpha value is -1.98. The number of carbonyl (C=O) groups is 2. The van der Waals surface area contributed by atoms with Crippen molar-refractivity contribution in [1.82, 2.24) is 0 Å². The summed E-state index contributed by atoms with van der Waals surface area (Å²) in [5.41, 5.74) is 0.0615. The first-order valence-electron chi connectivity index (χ1n) is 8.72. The lowest BCUT2D eigenvalue weighted by Crippen LogP contribution is -2.36. The zero-order valence-corrected chi connectivity index (χ0v) is 14.6. The standard InChI is InChI=1S/C19H23F2NO3/c1-13-4-3-9-19(12-16(13)23)10-11-22(17(19)24)14-5-7-15(8-6-14)25-18(2,20)21/h5-8,13H,3-4,9-12H2,1-2H3. The smallest absolute Gasteiger partial charge is 0.394 e. The lowest BCUT2D eigenvalue weighted by atomic mass is 9.78. The number of ether oxygens (including phenoxy) is 1. The molecule has 1 aliphatic carbocycles. The Bertz CT molecular complexity index is 668. The Morgan fingerprint density at radius 2 is 1.88 bits per heavy atom. The number of amides is 1. The molecule has 0 bridgehead atoms. The van der Waals surface area contributed by atoms with Gasteiger partial charge in [0.15, 0.2) is 0 Å². The molecule has 0 aromatic heterocycles. The molecule has 2 unspecified atom stereocenters. The van der Waals surface area contributed by atoms with E-state index in [-0.39, 0.29) is 23.4 Å². The molecule has 6 heteroatoms. The van der Waals surface area contributed by atoms with Crippen molar-refractivity contribution in [2.45, 2.75) is 52.1 Å². The zero-order valence-electron chi connectivity index (χ0n) is 14.6. The number of hydrogen-bond donors (Lipinski definition) is 0. The van der Waals surface area contributed by atoms with E-state index >= 15 is 0 Å². The molecule has 4 nitrogen and oxygen atoms in total. The van der Waals surface area contributed by atoms with E-state index in [0.29, 0.717) is 32.0 Å². The molecular formula is C19H23F2NO3. The maximum absolute atomic E-state index is 13.0. The van der Waals surface area contributed by atoms with Crippen LogP contribution in [0.4, 0.5) is 14.5 Å². The molecule has 2 aliphatic rings. The number of halogens is 2. The average Bonchev–Trinajstić information content (AvgIpc) is 2.75. The fourth-order valence-corrected chi connectivity index (χ4v) is 3.87. The number of rotatable bonds is 3. The van der Waals surface area contributed by atoms with E-state index in [1.54, 1.807) is 17.0 Å². The van der Waals surface area contributed by atoms with E-state index in [9.17, 15) is 18.4 Å². The van der Waals surface area contributed by atoms with E-state index in [1.807, 2.05) is 6.92 Å². The highest BCUT2D eigenvalue weighted by atomic mass is 19.3. The van der Waals surface area contributed by atoms with Crippen molar-refractivity contribution >= 4 is 17.4 Å². The van der Waals surface area contributed by atoms with Gasteiger partial charge in [0.2, 0.25) is 5.91 Å². The van der Waals surface area contributed by atoms with Crippen LogP contribution in [0.15, 0.2) is 24.3 Å². The van der Waals surface area contributed by atoms with E-state index < -0.39 is 11.5 Å². The second-order valence-corrected chi connectivity index (χ2v) is 7.33. The SMILES string of the molecule is CC1CCCC2(CCN(c3ccc(OC(C)(F)F)cc3)C2=O)CC1=O. The van der Waals surface area contributed by atoms with Gasteiger partial charge in [-0.1, -0.05) is 13.3 Å². The number of carbonyl (C=O) groups excluding carboxylic acids is 2. The molecule has 1 aliphatic heterocycles. The first-order chi connectivity index (χ1) is 11.7. The lowest BCUT2D eigenvalue weighted by molar-refractivity contribution is -0.159. The Morgan fingerprint density at radius 3 is 2.52 bits per heavy atom. The maximum Gasteiger partial charge on any atom is 0.394 e. The van der Waals surface area contributed by atoms with Crippen molar-refractivity contribution in [3.8, 4) is 5.75 Å². The summed E-state index contributed by atoms with van der Waals surface area (Å²) in [6, 6.07) is 6.09. The summed E-state index contributed by atoms with van der Waals surface area (Å²) in [5.74, 6) is 0.218. The molecule has 2 atom stereocenters. The predicted octanol–water partition coefficient (Wildman–Crippen LogP) is 4.18. The van der Waals surface area contributed by atoms with Crippen molar-refractivity contribution in [2.24, 2.45) is 11.3 Å². The normalized spacial score (nSPS) is 27.7. The molecule has 2 fully saturated rings. The number of benzene rings is 1. The number of anilines is 1. The van der Waals surface area contributed by atoms with Gasteiger partial charge in [-0.3, -0.25) is 9.59 Å². The van der Waals surface area contributed by atoms with E-state index in [0.717, 1.165) is 19.3 Å². The first-order valence-corrected chi connectivity index (χ1v) is 8.72. The number of ketones is 1. The minimum absolute atomic E-state index is 0.0216. The van der Waals surface area contributed by atoms with Gasteiger partial charge in [-0.15, -0.1) is 0 Å². The first kappa shape index (κ1) is 17.8. The highest BCUT2D eigenvalue weighted by molar-refractivity contribution is 6.02. The minimum Gasteiger partial charge on any atom is -0.433 e. The fourth-order valence-electron chi connectivity index (χ4n) is 3.87. The van der Waals surface area contributed by atoms with Crippen LogP contribution in [-0.2, 0) is 9.59 Å². The monoisotopic (exact) mass is 351 g/mol. The Balaban J connectivity index is 1.76. The number of nitrogens with zero attached hydrogens (tertiary/aromatic N) is 1. The molecule has 1 heterocycles. The Labute approximate surface area is 146 Å². The van der Waals surface area contributed by atoms with Gasteiger partial charge in [-0.25, -0.2) is 0 Å². The van der Waals surface area contributed by atoms with Gasteiger partial charge in [-0.05, 0) is 43.5 Å². The Kier molecular flexibility index (Phi) is 4.56. The van der Waals surface area contributed by atoms with Gasteiger partial charge in [0.1, 0.15) is 11.5 Å². The number of alkyl halides is 2. The van der Waals surface area contributed by atoms with Gasteiger partial charge >= 0.3 is 6.11 Å². The summed E-state index contributed by atoms with van der Waals surface area (Å²) in [4.78, 5) is 27.0. The van der Waals surface area contributed by atoms with Crippen molar-refractivity contribution in [3.63, 3.8) is 0 Å². The maximum atomic E-state index is 13.0. The average molecular weight is 351 g/mol. The predicted molar refractivity (Wildman–Crippen MR) is 89.7 cm³/mol. The second-order valence-electron chi connectivity index (χ2n) is 7.33. The van der Waals surface area contributed by atoms with Crippen LogP contribution in [0, 0.1) is 11.3 Å². The molecule has 0 N–H and O–H groups in total. The van der Waals surface area contributed by atoms with Crippen LogP contribution in [0.1, 0.15) is 46.0 Å². The van der Waals surface area contributed by atoms with Gasteiger partial charge in [-0.2, -0.15) is 8.78 Å². The molecule has 1 aromatic carbocycles. The van der Waals surface area contributed by atoms with Gasteiger partial charge in [0, 0.05) is 31.5 Å². The third-order valence-electron chi connectivity index (χ3n) is 5.31. The summed E-state index contributed by atoms with van der Waals surface area (Å²) in [7, 11) is 0. The van der Waals surface area contributed by atoms with Crippen LogP contribution in [0.2, 0.25) is 0 Å². The third kappa shape index (κ3) is 3.67. The van der Waals surface area contributed by atoms with Crippen LogP contribution in [0.3, 0.4) is 0 Å². The highest BCUT2D eigenvalue weighted by Gasteiger charge is 2.49. The molecule has 0 radical (unpaired) electrons. The van der Waals surface area contributed by atoms with Crippen molar-refractivity contribution in [1.29, 1.82) is 0 Å². The largest absolute Gasteiger partial charge is 0.433 e. The van der Waals surface area contributed by atoms with Crippen molar-refractivity contribution in [3.05, 3.63) is 24.3 Å². The quantitative estimate of drug-likeness (QED) is 0.821. The van der Waals surface area contributed by atoms with Gasteiger partial charge < -0.3 is 9.64 Å². The van der Waals surface area contributed by atoms with Crippen LogP contribution in [-0.4, -0.2) is 24.3 Å². The summed E-state index contributed by atoms with van der Waals surface area (Å²) < 4.78 is 30.3. The number of hydrogen-bond acceptors (Lipinski definition) is 3. The molecule has 1 saturated carbocycles. The van der Waals surface area contributed by atoms with Crippen LogP contribution in [0.5, 0.6) is 5.75 Å². The minimum atomic E-state index is -3.24. The molecular weight excluding hydrogens is 328 g/mol. The molecule has 1 amide bonds. The summed E-state index contributed by atoms with van der Waals surface area (Å²) >= 11 is 0. The number of Topliss-reactive ketones (excluding diaryl/α,β-unsaturated/α-hetero) is 1. The molecule has 136 valence electrons. The molecule has 1 aromatic rings. The zero-order chi connectivity index (χ0) is 18.2. The van der Waals surface area contributed by atoms with Crippen molar-refractivity contribution < 1.29 is 23.1 Å². The van der Waals surface area contributed by atoms with Crippen LogP contribution in [0.25, 0.3) is 0 Å². The summed E-state index contributed by atoms with van der Waals surface area (Å²) in [6.07, 6.45) is 0.187. The second kappa shape index (κ2) is 6.39. The molecule has 3 rings (SSSR count). The van der Waals surface area contributed by atoms with Crippen LogP contribution >= 0.6 is 0 Å². The van der Waals surface area contributed by atoms with Crippen molar-refractivity contribution in [2.75, 3.05) is 11.4 Å². The van der Waals surface area contributed by atoms with E-state index in [2.05, 4.69) is 4.74 Å².